The summed E-state index contributed by atoms with van der Waals surface area (Å²) in [5.74, 6) is 2.27. The number of hydrogen-bond donors (Lipinski definition) is 4. The molecule has 2 aromatic rings. The zero-order chi connectivity index (χ0) is 19.5. The molecular formula is C20H28N6O2. The third kappa shape index (κ3) is 4.44. The Morgan fingerprint density at radius 1 is 1.29 bits per heavy atom. The Labute approximate surface area is 164 Å². The molecule has 0 radical (unpaired) electrons. The number of aromatic amines is 1. The van der Waals surface area contributed by atoms with Crippen LogP contribution in [0.3, 0.4) is 0 Å². The van der Waals surface area contributed by atoms with E-state index in [4.69, 9.17) is 10.1 Å². The summed E-state index contributed by atoms with van der Waals surface area (Å²) in [5, 5.41) is 15.9. The molecule has 150 valence electrons. The Morgan fingerprint density at radius 3 is 2.93 bits per heavy atom. The topological polar surface area (TPSA) is 106 Å². The first-order valence-corrected chi connectivity index (χ1v) is 10.1. The minimum atomic E-state index is -0.830. The van der Waals surface area contributed by atoms with Gasteiger partial charge in [-0.3, -0.25) is 0 Å². The van der Waals surface area contributed by atoms with E-state index >= 15 is 0 Å². The summed E-state index contributed by atoms with van der Waals surface area (Å²) in [6.45, 7) is 4.76. The smallest absolute Gasteiger partial charge is 0.407 e. The zero-order valence-electron chi connectivity index (χ0n) is 16.2. The first-order valence-electron chi connectivity index (χ1n) is 10.1. The molecule has 28 heavy (non-hydrogen) atoms. The molecule has 1 unspecified atom stereocenters. The van der Waals surface area contributed by atoms with E-state index in [1.54, 1.807) is 0 Å². The summed E-state index contributed by atoms with van der Waals surface area (Å²) in [7, 11) is 0. The quantitative estimate of drug-likeness (QED) is 0.547. The van der Waals surface area contributed by atoms with Crippen LogP contribution >= 0.6 is 0 Å². The average molecular weight is 384 g/mol. The number of H-pyrrole nitrogens is 1. The van der Waals surface area contributed by atoms with Crippen molar-refractivity contribution in [1.82, 2.24) is 25.2 Å². The van der Waals surface area contributed by atoms with Gasteiger partial charge >= 0.3 is 6.09 Å². The van der Waals surface area contributed by atoms with E-state index in [1.165, 1.54) is 23.4 Å². The van der Waals surface area contributed by atoms with E-state index in [0.29, 0.717) is 19.0 Å². The number of anilines is 1. The second kappa shape index (κ2) is 8.18. The lowest BCUT2D eigenvalue weighted by molar-refractivity contribution is 0.126. The Bertz CT molecular complexity index is 832. The third-order valence-corrected chi connectivity index (χ3v) is 5.43. The third-order valence-electron chi connectivity index (χ3n) is 5.43. The molecule has 1 amide bonds. The normalized spacial score (nSPS) is 19.6. The van der Waals surface area contributed by atoms with Gasteiger partial charge in [-0.15, -0.1) is 0 Å². The number of imidazole rings is 1. The van der Waals surface area contributed by atoms with E-state index in [9.17, 15) is 4.79 Å². The molecule has 1 saturated carbocycles. The Kier molecular flexibility index (Phi) is 5.47. The summed E-state index contributed by atoms with van der Waals surface area (Å²) >= 11 is 0. The molecule has 8 nitrogen and oxygen atoms in total. The van der Waals surface area contributed by atoms with Gasteiger partial charge in [0.15, 0.2) is 5.82 Å². The van der Waals surface area contributed by atoms with Crippen molar-refractivity contribution in [1.29, 1.82) is 0 Å². The van der Waals surface area contributed by atoms with E-state index in [0.717, 1.165) is 49.0 Å². The minimum Gasteiger partial charge on any atom is -0.465 e. The summed E-state index contributed by atoms with van der Waals surface area (Å²) in [6, 6.07) is 6.13. The molecule has 1 aliphatic carbocycles. The maximum Gasteiger partial charge on any atom is 0.407 e. The maximum atomic E-state index is 11.1. The molecule has 0 aromatic carbocycles. The van der Waals surface area contributed by atoms with Gasteiger partial charge in [0.2, 0.25) is 0 Å². The lowest BCUT2D eigenvalue weighted by atomic mass is 10.1. The zero-order valence-corrected chi connectivity index (χ0v) is 16.2. The van der Waals surface area contributed by atoms with Crippen LogP contribution in [0.15, 0.2) is 18.2 Å². The Hall–Kier alpha value is -2.61. The number of nitrogens with zero attached hydrogens (tertiary/aromatic N) is 3. The number of amides is 1. The van der Waals surface area contributed by atoms with E-state index in [-0.39, 0.29) is 6.04 Å². The number of likely N-dealkylation sites (tertiary alicyclic amines) is 1. The number of carboxylic acid groups (broad SMARTS) is 1. The molecule has 3 heterocycles. The van der Waals surface area contributed by atoms with Crippen molar-refractivity contribution in [2.45, 2.75) is 44.6 Å². The van der Waals surface area contributed by atoms with Crippen molar-refractivity contribution in [2.24, 2.45) is 0 Å². The van der Waals surface area contributed by atoms with Crippen molar-refractivity contribution < 1.29 is 9.90 Å². The Morgan fingerprint density at radius 2 is 2.14 bits per heavy atom. The highest BCUT2D eigenvalue weighted by molar-refractivity contribution is 5.65. The van der Waals surface area contributed by atoms with Crippen molar-refractivity contribution in [3.63, 3.8) is 0 Å². The van der Waals surface area contributed by atoms with E-state index in [1.807, 2.05) is 18.2 Å². The van der Waals surface area contributed by atoms with Gasteiger partial charge in [0.1, 0.15) is 11.5 Å². The molecule has 2 aromatic heterocycles. The predicted molar refractivity (Wildman–Crippen MR) is 108 cm³/mol. The fourth-order valence-corrected chi connectivity index (χ4v) is 3.80. The molecule has 1 aliphatic heterocycles. The molecule has 0 spiro atoms. The van der Waals surface area contributed by atoms with Crippen LogP contribution in [0.25, 0.3) is 11.5 Å². The van der Waals surface area contributed by atoms with Crippen LogP contribution in [0.4, 0.5) is 10.6 Å². The number of rotatable bonds is 7. The standard InChI is InChI=1S/C20H28N6O2/c1-13-18(14-7-8-14)25-19(23-13)16-5-2-6-17(24-16)22-10-9-21-15-4-3-11-26(12-15)20(27)28/h2,5-6,14-15,21H,3-4,7-12H2,1H3,(H,22,24)(H,23,25)(H,27,28). The van der Waals surface area contributed by atoms with Gasteiger partial charge in [-0.2, -0.15) is 0 Å². The van der Waals surface area contributed by atoms with Gasteiger partial charge in [0.25, 0.3) is 0 Å². The van der Waals surface area contributed by atoms with Crippen LogP contribution < -0.4 is 10.6 Å². The SMILES string of the molecule is Cc1[nH]c(-c2cccc(NCCNC3CCCN(C(=O)O)C3)n2)nc1C1CC1. The molecule has 1 atom stereocenters. The largest absolute Gasteiger partial charge is 0.465 e. The number of piperidine rings is 1. The number of aromatic nitrogens is 3. The summed E-state index contributed by atoms with van der Waals surface area (Å²) < 4.78 is 0. The molecule has 1 saturated heterocycles. The lowest BCUT2D eigenvalue weighted by Crippen LogP contribution is -2.48. The second-order valence-electron chi connectivity index (χ2n) is 7.73. The number of hydrogen-bond acceptors (Lipinski definition) is 5. The van der Waals surface area contributed by atoms with Crippen molar-refractivity contribution in [2.75, 3.05) is 31.5 Å². The molecular weight excluding hydrogens is 356 g/mol. The highest BCUT2D eigenvalue weighted by atomic mass is 16.4. The van der Waals surface area contributed by atoms with Gasteiger partial charge in [-0.25, -0.2) is 14.8 Å². The number of aryl methyl sites for hydroxylation is 1. The molecule has 2 fully saturated rings. The van der Waals surface area contributed by atoms with Gasteiger partial charge in [0.05, 0.1) is 5.69 Å². The first kappa shape index (κ1) is 18.7. The fourth-order valence-electron chi connectivity index (χ4n) is 3.80. The molecule has 2 aliphatic rings. The number of pyridine rings is 1. The van der Waals surface area contributed by atoms with Crippen molar-refractivity contribution in [3.8, 4) is 11.5 Å². The molecule has 8 heteroatoms. The summed E-state index contributed by atoms with van der Waals surface area (Å²) in [4.78, 5) is 25.4. The highest BCUT2D eigenvalue weighted by Gasteiger charge is 2.28. The summed E-state index contributed by atoms with van der Waals surface area (Å²) in [5.41, 5.74) is 3.17. The minimum absolute atomic E-state index is 0.220. The fraction of sp³-hybridized carbons (Fsp3) is 0.550. The number of nitrogens with one attached hydrogen (secondary N) is 3. The number of carbonyl (C=O) groups is 1. The molecule has 0 bridgehead atoms. The maximum absolute atomic E-state index is 11.1. The van der Waals surface area contributed by atoms with Crippen LogP contribution in [0.1, 0.15) is 43.0 Å². The van der Waals surface area contributed by atoms with Gasteiger partial charge < -0.3 is 25.6 Å². The van der Waals surface area contributed by atoms with Gasteiger partial charge in [0, 0.05) is 43.8 Å². The monoisotopic (exact) mass is 384 g/mol. The molecule has 4 rings (SSSR count). The molecule has 4 N–H and O–H groups in total. The predicted octanol–water partition coefficient (Wildman–Crippen LogP) is 2.80. The van der Waals surface area contributed by atoms with E-state index < -0.39 is 6.09 Å². The lowest BCUT2D eigenvalue weighted by Gasteiger charge is -2.31. The first-order chi connectivity index (χ1) is 13.6. The summed E-state index contributed by atoms with van der Waals surface area (Å²) in [6.07, 6.45) is 3.56. The highest BCUT2D eigenvalue weighted by Crippen LogP contribution is 2.41. The Balaban J connectivity index is 1.28. The average Bonchev–Trinajstić information content (AvgIpc) is 3.47. The van der Waals surface area contributed by atoms with Gasteiger partial charge in [-0.05, 0) is 44.7 Å². The van der Waals surface area contributed by atoms with Crippen LogP contribution in [0.2, 0.25) is 0 Å². The van der Waals surface area contributed by atoms with Gasteiger partial charge in [-0.1, -0.05) is 6.07 Å². The van der Waals surface area contributed by atoms with Crippen LogP contribution in [0.5, 0.6) is 0 Å². The van der Waals surface area contributed by atoms with Crippen LogP contribution in [-0.2, 0) is 0 Å². The second-order valence-corrected chi connectivity index (χ2v) is 7.73. The van der Waals surface area contributed by atoms with Crippen LogP contribution in [-0.4, -0.2) is 63.3 Å². The van der Waals surface area contributed by atoms with E-state index in [2.05, 4.69) is 27.5 Å². The van der Waals surface area contributed by atoms with Crippen LogP contribution in [0, 0.1) is 6.92 Å². The van der Waals surface area contributed by atoms with Crippen molar-refractivity contribution >= 4 is 11.9 Å². The van der Waals surface area contributed by atoms with Crippen molar-refractivity contribution in [3.05, 3.63) is 29.6 Å².